The number of piperidine rings is 1. The van der Waals surface area contributed by atoms with Crippen molar-refractivity contribution < 1.29 is 14.4 Å². The highest BCUT2D eigenvalue weighted by Gasteiger charge is 2.25. The van der Waals surface area contributed by atoms with Crippen LogP contribution in [0.3, 0.4) is 0 Å². The average molecular weight is 382 g/mol. The normalized spacial score (nSPS) is 14.9. The fourth-order valence-electron chi connectivity index (χ4n) is 3.36. The Bertz CT molecular complexity index is 917. The van der Waals surface area contributed by atoms with Crippen molar-refractivity contribution in [3.8, 4) is 0 Å². The van der Waals surface area contributed by atoms with E-state index in [1.54, 1.807) is 12.1 Å². The van der Waals surface area contributed by atoms with E-state index < -0.39 is 0 Å². The molecule has 0 spiro atoms. The van der Waals surface area contributed by atoms with Crippen molar-refractivity contribution in [2.75, 3.05) is 13.1 Å². The van der Waals surface area contributed by atoms with Gasteiger partial charge >= 0.3 is 0 Å². The van der Waals surface area contributed by atoms with E-state index in [0.717, 1.165) is 22.4 Å². The summed E-state index contributed by atoms with van der Waals surface area (Å²) in [5.74, 6) is -0.108. The molecule has 0 bridgehead atoms. The number of likely N-dealkylation sites (tertiary alicyclic amines) is 1. The van der Waals surface area contributed by atoms with Crippen LogP contribution in [-0.4, -0.2) is 51.6 Å². The number of carbonyl (C=O) groups excluding carboxylic acids is 3. The maximum Gasteiger partial charge on any atom is 0.253 e. The highest BCUT2D eigenvalue weighted by atomic mass is 16.2. The minimum absolute atomic E-state index is 0.0148. The highest BCUT2D eigenvalue weighted by molar-refractivity contribution is 5.97. The van der Waals surface area contributed by atoms with E-state index in [1.807, 2.05) is 24.8 Å². The van der Waals surface area contributed by atoms with Gasteiger partial charge in [-0.2, -0.15) is 0 Å². The second-order valence-electron chi connectivity index (χ2n) is 7.43. The van der Waals surface area contributed by atoms with E-state index in [9.17, 15) is 14.4 Å². The van der Waals surface area contributed by atoms with Gasteiger partial charge in [0.1, 0.15) is 5.78 Å². The summed E-state index contributed by atoms with van der Waals surface area (Å²) in [6.07, 6.45) is 1.92. The summed E-state index contributed by atoms with van der Waals surface area (Å²) < 4.78 is 0. The standard InChI is InChI=1S/C21H26N4O3/c1-13(26)4-7-20(27)24-17-8-10-25(11-9-17)21(28)16-5-6-18-19(12-16)23-15(3)14(2)22-18/h5-6,12,17H,4,7-11H2,1-3H3,(H,24,27). The van der Waals surface area contributed by atoms with Crippen LogP contribution in [0.2, 0.25) is 0 Å². The Balaban J connectivity index is 1.59. The fraction of sp³-hybridized carbons (Fsp3) is 0.476. The van der Waals surface area contributed by atoms with Gasteiger partial charge in [0.05, 0.1) is 22.4 Å². The molecule has 1 N–H and O–H groups in total. The van der Waals surface area contributed by atoms with Crippen LogP contribution in [0.5, 0.6) is 0 Å². The van der Waals surface area contributed by atoms with Gasteiger partial charge in [-0.3, -0.25) is 9.59 Å². The van der Waals surface area contributed by atoms with Crippen LogP contribution in [0.1, 0.15) is 54.4 Å². The number of Topliss-reactive ketones (excluding diaryl/α,β-unsaturated/α-hetero) is 1. The van der Waals surface area contributed by atoms with E-state index in [2.05, 4.69) is 15.3 Å². The van der Waals surface area contributed by atoms with Gasteiger partial charge in [-0.1, -0.05) is 0 Å². The first kappa shape index (κ1) is 19.9. The molecule has 1 aliphatic rings. The van der Waals surface area contributed by atoms with E-state index in [0.29, 0.717) is 31.5 Å². The summed E-state index contributed by atoms with van der Waals surface area (Å²) in [4.78, 5) is 46.6. The molecule has 2 amide bonds. The van der Waals surface area contributed by atoms with Crippen LogP contribution >= 0.6 is 0 Å². The monoisotopic (exact) mass is 382 g/mol. The van der Waals surface area contributed by atoms with E-state index in [4.69, 9.17) is 0 Å². The maximum atomic E-state index is 12.9. The summed E-state index contributed by atoms with van der Waals surface area (Å²) in [5, 5.41) is 2.96. The second-order valence-corrected chi connectivity index (χ2v) is 7.43. The molecule has 1 aromatic carbocycles. The number of aryl methyl sites for hydroxylation is 2. The van der Waals surface area contributed by atoms with Gasteiger partial charge < -0.3 is 15.0 Å². The lowest BCUT2D eigenvalue weighted by molar-refractivity contribution is -0.125. The molecule has 0 radical (unpaired) electrons. The van der Waals surface area contributed by atoms with Crippen molar-refractivity contribution in [2.24, 2.45) is 0 Å². The van der Waals surface area contributed by atoms with Gasteiger partial charge in [-0.05, 0) is 51.8 Å². The number of ketones is 1. The first-order valence-electron chi connectivity index (χ1n) is 9.66. The van der Waals surface area contributed by atoms with Crippen molar-refractivity contribution >= 4 is 28.6 Å². The highest BCUT2D eigenvalue weighted by Crippen LogP contribution is 2.18. The van der Waals surface area contributed by atoms with Gasteiger partial charge in [0.15, 0.2) is 0 Å². The summed E-state index contributed by atoms with van der Waals surface area (Å²) >= 11 is 0. The number of benzene rings is 1. The summed E-state index contributed by atoms with van der Waals surface area (Å²) in [7, 11) is 0. The number of hydrogen-bond acceptors (Lipinski definition) is 5. The molecule has 0 aliphatic carbocycles. The van der Waals surface area contributed by atoms with Crippen LogP contribution in [0.25, 0.3) is 11.0 Å². The molecule has 3 rings (SSSR count). The molecule has 7 heteroatoms. The number of rotatable bonds is 5. The lowest BCUT2D eigenvalue weighted by Crippen LogP contribution is -2.46. The number of carbonyl (C=O) groups is 3. The first-order valence-corrected chi connectivity index (χ1v) is 9.66. The number of fused-ring (bicyclic) bond motifs is 1. The lowest BCUT2D eigenvalue weighted by Gasteiger charge is -2.32. The predicted molar refractivity (Wildman–Crippen MR) is 106 cm³/mol. The molecule has 1 saturated heterocycles. The Hall–Kier alpha value is -2.83. The molecule has 0 atom stereocenters. The third-order valence-corrected chi connectivity index (χ3v) is 5.17. The van der Waals surface area contributed by atoms with Crippen molar-refractivity contribution in [1.29, 1.82) is 0 Å². The number of nitrogens with zero attached hydrogens (tertiary/aromatic N) is 3. The molecule has 7 nitrogen and oxygen atoms in total. The minimum atomic E-state index is -0.0984. The summed E-state index contributed by atoms with van der Waals surface area (Å²) in [5.41, 5.74) is 3.86. The first-order chi connectivity index (χ1) is 13.3. The Morgan fingerprint density at radius 3 is 2.32 bits per heavy atom. The molecule has 1 aliphatic heterocycles. The molecule has 1 aromatic heterocycles. The Labute approximate surface area is 164 Å². The predicted octanol–water partition coefficient (Wildman–Crippen LogP) is 2.34. The molecular formula is C21H26N4O3. The van der Waals surface area contributed by atoms with E-state index in [1.165, 1.54) is 6.92 Å². The zero-order valence-electron chi connectivity index (χ0n) is 16.6. The molecule has 1 fully saturated rings. The number of amides is 2. The van der Waals surface area contributed by atoms with Crippen molar-refractivity contribution in [2.45, 2.75) is 52.5 Å². The van der Waals surface area contributed by atoms with Crippen LogP contribution in [-0.2, 0) is 9.59 Å². The van der Waals surface area contributed by atoms with Gasteiger partial charge in [0, 0.05) is 37.5 Å². The Kier molecular flexibility index (Phi) is 6.02. The van der Waals surface area contributed by atoms with Crippen molar-refractivity contribution in [3.05, 3.63) is 35.2 Å². The maximum absolute atomic E-state index is 12.9. The van der Waals surface area contributed by atoms with Crippen LogP contribution < -0.4 is 5.32 Å². The fourth-order valence-corrected chi connectivity index (χ4v) is 3.36. The lowest BCUT2D eigenvalue weighted by atomic mass is 10.0. The zero-order valence-corrected chi connectivity index (χ0v) is 16.6. The summed E-state index contributed by atoms with van der Waals surface area (Å²) in [6.45, 7) is 6.49. The number of nitrogens with one attached hydrogen (secondary N) is 1. The van der Waals surface area contributed by atoms with Crippen LogP contribution in [0, 0.1) is 13.8 Å². The smallest absolute Gasteiger partial charge is 0.253 e. The molecule has 0 saturated carbocycles. The van der Waals surface area contributed by atoms with Gasteiger partial charge in [0.2, 0.25) is 5.91 Å². The number of hydrogen-bond donors (Lipinski definition) is 1. The van der Waals surface area contributed by atoms with E-state index in [-0.39, 0.29) is 36.5 Å². The quantitative estimate of drug-likeness (QED) is 0.857. The topological polar surface area (TPSA) is 92.3 Å². The van der Waals surface area contributed by atoms with Gasteiger partial charge in [0.25, 0.3) is 5.91 Å². The summed E-state index contributed by atoms with van der Waals surface area (Å²) in [6, 6.07) is 5.48. The average Bonchev–Trinajstić information content (AvgIpc) is 2.67. The molecule has 0 unspecified atom stereocenters. The largest absolute Gasteiger partial charge is 0.353 e. The van der Waals surface area contributed by atoms with Gasteiger partial charge in [-0.15, -0.1) is 0 Å². The Morgan fingerprint density at radius 2 is 1.68 bits per heavy atom. The van der Waals surface area contributed by atoms with E-state index >= 15 is 0 Å². The van der Waals surface area contributed by atoms with Gasteiger partial charge in [-0.25, -0.2) is 9.97 Å². The van der Waals surface area contributed by atoms with Crippen molar-refractivity contribution in [3.63, 3.8) is 0 Å². The molecule has 28 heavy (non-hydrogen) atoms. The minimum Gasteiger partial charge on any atom is -0.353 e. The molecule has 148 valence electrons. The van der Waals surface area contributed by atoms with Crippen LogP contribution in [0.4, 0.5) is 0 Å². The second kappa shape index (κ2) is 8.46. The molecule has 2 heterocycles. The zero-order chi connectivity index (χ0) is 20.3. The molecular weight excluding hydrogens is 356 g/mol. The molecule has 2 aromatic rings. The number of aromatic nitrogens is 2. The Morgan fingerprint density at radius 1 is 1.04 bits per heavy atom. The third kappa shape index (κ3) is 4.71. The van der Waals surface area contributed by atoms with Crippen LogP contribution in [0.15, 0.2) is 18.2 Å². The van der Waals surface area contributed by atoms with Crippen molar-refractivity contribution in [1.82, 2.24) is 20.2 Å². The SMILES string of the molecule is CC(=O)CCC(=O)NC1CCN(C(=O)c2ccc3nc(C)c(C)nc3c2)CC1. The third-order valence-electron chi connectivity index (χ3n) is 5.17.